The van der Waals surface area contributed by atoms with Crippen LogP contribution in [0.5, 0.6) is 0 Å². The Bertz CT molecular complexity index is 1020. The summed E-state index contributed by atoms with van der Waals surface area (Å²) >= 11 is 1.19. The van der Waals surface area contributed by atoms with E-state index in [-0.39, 0.29) is 23.4 Å². The van der Waals surface area contributed by atoms with Crippen molar-refractivity contribution >= 4 is 35.1 Å². The van der Waals surface area contributed by atoms with Crippen LogP contribution in [0.15, 0.2) is 59.6 Å². The summed E-state index contributed by atoms with van der Waals surface area (Å²) < 4.78 is 13.5. The number of amides is 2. The van der Waals surface area contributed by atoms with Gasteiger partial charge in [0, 0.05) is 11.3 Å². The summed E-state index contributed by atoms with van der Waals surface area (Å²) in [5, 5.41) is 13.8. The summed E-state index contributed by atoms with van der Waals surface area (Å²) in [5.41, 5.74) is 2.51. The molecule has 0 aliphatic carbocycles. The molecule has 0 aliphatic rings. The molecule has 0 atom stereocenters. The second kappa shape index (κ2) is 9.29. The SMILES string of the molecule is Cc1ccc(C(=O)Nc2ccc(SCC(=O)Nc3ccc(C)c(F)c3)nn2)cc1. The fourth-order valence-electron chi connectivity index (χ4n) is 2.36. The lowest BCUT2D eigenvalue weighted by Gasteiger charge is -2.07. The van der Waals surface area contributed by atoms with Crippen LogP contribution in [-0.4, -0.2) is 27.8 Å². The lowest BCUT2D eigenvalue weighted by molar-refractivity contribution is -0.113. The van der Waals surface area contributed by atoms with Gasteiger partial charge in [-0.15, -0.1) is 10.2 Å². The highest BCUT2D eigenvalue weighted by molar-refractivity contribution is 7.99. The van der Waals surface area contributed by atoms with Gasteiger partial charge in [0.25, 0.3) is 5.91 Å². The third kappa shape index (κ3) is 5.86. The van der Waals surface area contributed by atoms with E-state index in [9.17, 15) is 14.0 Å². The standard InChI is InChI=1S/C21H19FN4O2S/c1-13-3-6-15(7-4-13)21(28)24-18-9-10-20(26-25-18)29-12-19(27)23-16-8-5-14(2)17(22)11-16/h3-11H,12H2,1-2H3,(H,23,27)(H,24,25,28). The monoisotopic (exact) mass is 410 g/mol. The van der Waals surface area contributed by atoms with Crippen LogP contribution in [0.1, 0.15) is 21.5 Å². The number of benzene rings is 2. The molecule has 0 radical (unpaired) electrons. The van der Waals surface area contributed by atoms with Crippen LogP contribution in [0.25, 0.3) is 0 Å². The fourth-order valence-corrected chi connectivity index (χ4v) is 2.98. The predicted octanol–water partition coefficient (Wildman–Crippen LogP) is 4.22. The van der Waals surface area contributed by atoms with Crippen LogP contribution in [0.3, 0.4) is 0 Å². The molecule has 3 rings (SSSR count). The van der Waals surface area contributed by atoms with Crippen molar-refractivity contribution in [3.05, 3.63) is 77.1 Å². The van der Waals surface area contributed by atoms with Gasteiger partial charge in [0.1, 0.15) is 10.8 Å². The lowest BCUT2D eigenvalue weighted by Crippen LogP contribution is -2.15. The molecule has 2 amide bonds. The number of anilines is 2. The van der Waals surface area contributed by atoms with Crippen molar-refractivity contribution in [3.63, 3.8) is 0 Å². The van der Waals surface area contributed by atoms with Gasteiger partial charge in [-0.25, -0.2) is 4.39 Å². The number of rotatable bonds is 6. The van der Waals surface area contributed by atoms with Crippen molar-refractivity contribution in [3.8, 4) is 0 Å². The van der Waals surface area contributed by atoms with E-state index in [2.05, 4.69) is 20.8 Å². The number of nitrogens with one attached hydrogen (secondary N) is 2. The minimum atomic E-state index is -0.371. The zero-order valence-electron chi connectivity index (χ0n) is 15.9. The molecular formula is C21H19FN4O2S. The number of thioether (sulfide) groups is 1. The molecular weight excluding hydrogens is 391 g/mol. The average Bonchev–Trinajstić information content (AvgIpc) is 2.71. The van der Waals surface area contributed by atoms with Crippen molar-refractivity contribution in [1.82, 2.24) is 10.2 Å². The average molecular weight is 410 g/mol. The van der Waals surface area contributed by atoms with Crippen LogP contribution in [0, 0.1) is 19.7 Å². The maximum absolute atomic E-state index is 13.5. The third-order valence-electron chi connectivity index (χ3n) is 4.00. The van der Waals surface area contributed by atoms with Gasteiger partial charge in [0.15, 0.2) is 5.82 Å². The minimum Gasteiger partial charge on any atom is -0.325 e. The molecule has 8 heteroatoms. The van der Waals surface area contributed by atoms with E-state index in [4.69, 9.17) is 0 Å². The molecule has 0 bridgehead atoms. The van der Waals surface area contributed by atoms with Crippen LogP contribution >= 0.6 is 11.8 Å². The lowest BCUT2D eigenvalue weighted by atomic mass is 10.1. The fraction of sp³-hybridized carbons (Fsp3) is 0.143. The molecule has 148 valence electrons. The maximum atomic E-state index is 13.5. The highest BCUT2D eigenvalue weighted by atomic mass is 32.2. The highest BCUT2D eigenvalue weighted by Gasteiger charge is 2.09. The Morgan fingerprint density at radius 2 is 1.72 bits per heavy atom. The highest BCUT2D eigenvalue weighted by Crippen LogP contribution is 2.18. The van der Waals surface area contributed by atoms with Gasteiger partial charge >= 0.3 is 0 Å². The first-order chi connectivity index (χ1) is 13.9. The predicted molar refractivity (Wildman–Crippen MR) is 112 cm³/mol. The largest absolute Gasteiger partial charge is 0.325 e. The Labute approximate surface area is 171 Å². The van der Waals surface area contributed by atoms with E-state index in [0.29, 0.717) is 27.7 Å². The third-order valence-corrected chi connectivity index (χ3v) is 4.92. The molecule has 2 aromatic carbocycles. The van der Waals surface area contributed by atoms with E-state index in [1.165, 1.54) is 17.8 Å². The van der Waals surface area contributed by atoms with Gasteiger partial charge in [0.2, 0.25) is 5.91 Å². The minimum absolute atomic E-state index is 0.0965. The second-order valence-corrected chi connectivity index (χ2v) is 7.37. The first-order valence-corrected chi connectivity index (χ1v) is 9.80. The van der Waals surface area contributed by atoms with Crippen molar-refractivity contribution in [2.45, 2.75) is 18.9 Å². The summed E-state index contributed by atoms with van der Waals surface area (Å²) in [6.07, 6.45) is 0. The summed E-state index contributed by atoms with van der Waals surface area (Å²) in [6, 6.07) is 15.0. The van der Waals surface area contributed by atoms with Crippen LogP contribution in [0.2, 0.25) is 0 Å². The molecule has 6 nitrogen and oxygen atoms in total. The van der Waals surface area contributed by atoms with Gasteiger partial charge in [-0.2, -0.15) is 0 Å². The first-order valence-electron chi connectivity index (χ1n) is 8.81. The molecule has 2 N–H and O–H groups in total. The summed E-state index contributed by atoms with van der Waals surface area (Å²) in [4.78, 5) is 24.2. The van der Waals surface area contributed by atoms with Gasteiger partial charge in [-0.1, -0.05) is 35.5 Å². The Balaban J connectivity index is 1.50. The number of carbonyl (C=O) groups is 2. The normalized spacial score (nSPS) is 10.4. The van der Waals surface area contributed by atoms with Crippen molar-refractivity contribution in [1.29, 1.82) is 0 Å². The quantitative estimate of drug-likeness (QED) is 0.595. The molecule has 1 aromatic heterocycles. The molecule has 1 heterocycles. The van der Waals surface area contributed by atoms with Crippen molar-refractivity contribution in [2.24, 2.45) is 0 Å². The van der Waals surface area contributed by atoms with Crippen LogP contribution < -0.4 is 10.6 Å². The van der Waals surface area contributed by atoms with E-state index < -0.39 is 0 Å². The molecule has 0 spiro atoms. The van der Waals surface area contributed by atoms with Gasteiger partial charge < -0.3 is 10.6 Å². The molecule has 0 saturated heterocycles. The number of hydrogen-bond acceptors (Lipinski definition) is 5. The molecule has 29 heavy (non-hydrogen) atoms. The Kier molecular flexibility index (Phi) is 6.56. The van der Waals surface area contributed by atoms with E-state index in [0.717, 1.165) is 5.56 Å². The van der Waals surface area contributed by atoms with Crippen molar-refractivity contribution in [2.75, 3.05) is 16.4 Å². The van der Waals surface area contributed by atoms with E-state index in [1.54, 1.807) is 43.3 Å². The maximum Gasteiger partial charge on any atom is 0.256 e. The van der Waals surface area contributed by atoms with E-state index in [1.807, 2.05) is 19.1 Å². The molecule has 0 aliphatic heterocycles. The smallest absolute Gasteiger partial charge is 0.256 e. The Hall–Kier alpha value is -3.26. The van der Waals surface area contributed by atoms with Crippen molar-refractivity contribution < 1.29 is 14.0 Å². The molecule has 0 fully saturated rings. The second-order valence-electron chi connectivity index (χ2n) is 6.38. The molecule has 0 unspecified atom stereocenters. The van der Waals surface area contributed by atoms with Gasteiger partial charge in [-0.05, 0) is 55.8 Å². The number of nitrogens with zero attached hydrogens (tertiary/aromatic N) is 2. The van der Waals surface area contributed by atoms with Gasteiger partial charge in [-0.3, -0.25) is 9.59 Å². The number of carbonyl (C=O) groups excluding carboxylic acids is 2. The first kappa shape index (κ1) is 20.5. The number of hydrogen-bond donors (Lipinski definition) is 2. The van der Waals surface area contributed by atoms with Crippen LogP contribution in [-0.2, 0) is 4.79 Å². The van der Waals surface area contributed by atoms with Crippen LogP contribution in [0.4, 0.5) is 15.9 Å². The Morgan fingerprint density at radius 3 is 2.38 bits per heavy atom. The van der Waals surface area contributed by atoms with Gasteiger partial charge in [0.05, 0.1) is 5.75 Å². The molecule has 0 saturated carbocycles. The zero-order valence-corrected chi connectivity index (χ0v) is 16.7. The zero-order chi connectivity index (χ0) is 20.8. The number of halogens is 1. The number of aryl methyl sites for hydroxylation is 2. The van der Waals surface area contributed by atoms with E-state index >= 15 is 0 Å². The summed E-state index contributed by atoms with van der Waals surface area (Å²) in [5.74, 6) is -0.510. The topological polar surface area (TPSA) is 84.0 Å². The molecule has 3 aromatic rings. The Morgan fingerprint density at radius 1 is 0.966 bits per heavy atom. The number of aromatic nitrogens is 2. The summed E-state index contributed by atoms with van der Waals surface area (Å²) in [7, 11) is 0. The summed E-state index contributed by atoms with van der Waals surface area (Å²) in [6.45, 7) is 3.60.